The molecule has 0 saturated heterocycles. The van der Waals surface area contributed by atoms with Crippen LogP contribution < -0.4 is 5.32 Å². The van der Waals surface area contributed by atoms with Crippen molar-refractivity contribution >= 4 is 23.2 Å². The molecule has 1 N–H and O–H groups in total. The molecule has 19 heavy (non-hydrogen) atoms. The van der Waals surface area contributed by atoms with Crippen LogP contribution in [-0.2, 0) is 6.54 Å². The van der Waals surface area contributed by atoms with Crippen LogP contribution in [0, 0.1) is 13.8 Å². The van der Waals surface area contributed by atoms with Gasteiger partial charge in [-0.25, -0.2) is 0 Å². The van der Waals surface area contributed by atoms with Gasteiger partial charge in [-0.15, -0.1) is 0 Å². The Labute approximate surface area is 122 Å². The second-order valence-corrected chi connectivity index (χ2v) is 5.33. The van der Waals surface area contributed by atoms with Crippen LogP contribution in [0.1, 0.15) is 35.5 Å². The van der Waals surface area contributed by atoms with E-state index in [0.717, 1.165) is 22.6 Å². The SMILES string of the molecule is Cc1noc(C)c1CNC(C)c1cccc(Cl)c1Cl. The zero-order valence-corrected chi connectivity index (χ0v) is 12.6. The van der Waals surface area contributed by atoms with Crippen LogP contribution in [-0.4, -0.2) is 5.16 Å². The summed E-state index contributed by atoms with van der Waals surface area (Å²) in [6.07, 6.45) is 0. The molecule has 3 nitrogen and oxygen atoms in total. The number of nitrogens with zero attached hydrogens (tertiary/aromatic N) is 1. The fraction of sp³-hybridized carbons (Fsp3) is 0.357. The van der Waals surface area contributed by atoms with Gasteiger partial charge in [-0.2, -0.15) is 0 Å². The highest BCUT2D eigenvalue weighted by molar-refractivity contribution is 6.42. The quantitative estimate of drug-likeness (QED) is 0.906. The fourth-order valence-corrected chi connectivity index (χ4v) is 2.45. The van der Waals surface area contributed by atoms with E-state index in [0.29, 0.717) is 16.6 Å². The van der Waals surface area contributed by atoms with E-state index >= 15 is 0 Å². The third kappa shape index (κ3) is 3.11. The molecular weight excluding hydrogens is 283 g/mol. The number of benzene rings is 1. The Morgan fingerprint density at radius 1 is 1.32 bits per heavy atom. The van der Waals surface area contributed by atoms with Crippen LogP contribution in [0.3, 0.4) is 0 Å². The first kappa shape index (κ1) is 14.4. The standard InChI is InChI=1S/C14H16Cl2N2O/c1-8(11-5-4-6-13(15)14(11)16)17-7-12-9(2)18-19-10(12)3/h4-6,8,17H,7H2,1-3H3. The molecule has 102 valence electrons. The van der Waals surface area contributed by atoms with E-state index in [4.69, 9.17) is 27.7 Å². The first-order chi connectivity index (χ1) is 9.00. The highest BCUT2D eigenvalue weighted by Gasteiger charge is 2.14. The van der Waals surface area contributed by atoms with Crippen LogP contribution in [0.5, 0.6) is 0 Å². The van der Waals surface area contributed by atoms with Crippen LogP contribution in [0.4, 0.5) is 0 Å². The molecule has 0 bridgehead atoms. The maximum atomic E-state index is 6.21. The largest absolute Gasteiger partial charge is 0.361 e. The molecular formula is C14H16Cl2N2O. The monoisotopic (exact) mass is 298 g/mol. The highest BCUT2D eigenvalue weighted by Crippen LogP contribution is 2.30. The Hall–Kier alpha value is -1.03. The average molecular weight is 299 g/mol. The smallest absolute Gasteiger partial charge is 0.138 e. The summed E-state index contributed by atoms with van der Waals surface area (Å²) < 4.78 is 5.14. The van der Waals surface area contributed by atoms with E-state index in [9.17, 15) is 0 Å². The highest BCUT2D eigenvalue weighted by atomic mass is 35.5. The lowest BCUT2D eigenvalue weighted by molar-refractivity contribution is 0.391. The van der Waals surface area contributed by atoms with Gasteiger partial charge in [0.2, 0.25) is 0 Å². The summed E-state index contributed by atoms with van der Waals surface area (Å²) in [4.78, 5) is 0. The Bertz CT molecular complexity index is 561. The number of hydrogen-bond acceptors (Lipinski definition) is 3. The van der Waals surface area contributed by atoms with Crippen molar-refractivity contribution in [1.82, 2.24) is 10.5 Å². The summed E-state index contributed by atoms with van der Waals surface area (Å²) in [6.45, 7) is 6.58. The van der Waals surface area contributed by atoms with Gasteiger partial charge in [0.25, 0.3) is 0 Å². The first-order valence-electron chi connectivity index (χ1n) is 6.09. The molecule has 2 rings (SSSR count). The lowest BCUT2D eigenvalue weighted by Crippen LogP contribution is -2.19. The lowest BCUT2D eigenvalue weighted by Gasteiger charge is -2.16. The van der Waals surface area contributed by atoms with Crippen molar-refractivity contribution in [2.45, 2.75) is 33.4 Å². The topological polar surface area (TPSA) is 38.1 Å². The molecule has 2 aromatic rings. The Morgan fingerprint density at radius 3 is 2.68 bits per heavy atom. The van der Waals surface area contributed by atoms with Crippen LogP contribution in [0.2, 0.25) is 10.0 Å². The third-order valence-corrected chi connectivity index (χ3v) is 4.05. The normalized spacial score (nSPS) is 12.7. The summed E-state index contributed by atoms with van der Waals surface area (Å²) in [5.41, 5.74) is 2.99. The van der Waals surface area contributed by atoms with E-state index in [1.807, 2.05) is 26.0 Å². The molecule has 1 aromatic carbocycles. The van der Waals surface area contributed by atoms with Crippen LogP contribution >= 0.6 is 23.2 Å². The van der Waals surface area contributed by atoms with E-state index in [1.54, 1.807) is 6.07 Å². The van der Waals surface area contributed by atoms with Crippen LogP contribution in [0.25, 0.3) is 0 Å². The van der Waals surface area contributed by atoms with Gasteiger partial charge in [-0.05, 0) is 32.4 Å². The van der Waals surface area contributed by atoms with E-state index < -0.39 is 0 Å². The van der Waals surface area contributed by atoms with E-state index in [1.165, 1.54) is 0 Å². The number of hydrogen-bond donors (Lipinski definition) is 1. The third-order valence-electron chi connectivity index (χ3n) is 3.21. The Balaban J connectivity index is 2.10. The maximum Gasteiger partial charge on any atom is 0.138 e. The number of rotatable bonds is 4. The number of aromatic nitrogens is 1. The van der Waals surface area contributed by atoms with Crippen LogP contribution in [0.15, 0.2) is 22.7 Å². The van der Waals surface area contributed by atoms with Crippen molar-refractivity contribution in [2.75, 3.05) is 0 Å². The second kappa shape index (κ2) is 5.95. The van der Waals surface area contributed by atoms with Gasteiger partial charge in [-0.1, -0.05) is 40.5 Å². The summed E-state index contributed by atoms with van der Waals surface area (Å²) in [6, 6.07) is 5.76. The summed E-state index contributed by atoms with van der Waals surface area (Å²) in [5.74, 6) is 0.842. The first-order valence-corrected chi connectivity index (χ1v) is 6.85. The van der Waals surface area contributed by atoms with Crippen molar-refractivity contribution in [3.05, 3.63) is 50.8 Å². The number of nitrogens with one attached hydrogen (secondary N) is 1. The zero-order valence-electron chi connectivity index (χ0n) is 11.1. The molecule has 5 heteroatoms. The van der Waals surface area contributed by atoms with Gasteiger partial charge in [-0.3, -0.25) is 0 Å². The van der Waals surface area contributed by atoms with Gasteiger partial charge < -0.3 is 9.84 Å². The van der Waals surface area contributed by atoms with Crippen molar-refractivity contribution in [3.63, 3.8) is 0 Å². The molecule has 0 spiro atoms. The minimum absolute atomic E-state index is 0.0971. The summed E-state index contributed by atoms with van der Waals surface area (Å²) in [7, 11) is 0. The average Bonchev–Trinajstić information content (AvgIpc) is 2.70. The Kier molecular flexibility index (Phi) is 4.50. The number of aryl methyl sites for hydroxylation is 2. The second-order valence-electron chi connectivity index (χ2n) is 4.55. The molecule has 0 saturated carbocycles. The molecule has 0 aliphatic carbocycles. The minimum Gasteiger partial charge on any atom is -0.361 e. The predicted molar refractivity (Wildman–Crippen MR) is 77.7 cm³/mol. The molecule has 0 radical (unpaired) electrons. The van der Waals surface area contributed by atoms with Gasteiger partial charge in [0.05, 0.1) is 15.7 Å². The van der Waals surface area contributed by atoms with Crippen molar-refractivity contribution < 1.29 is 4.52 Å². The van der Waals surface area contributed by atoms with Crippen molar-refractivity contribution in [2.24, 2.45) is 0 Å². The lowest BCUT2D eigenvalue weighted by atomic mass is 10.1. The van der Waals surface area contributed by atoms with Crippen molar-refractivity contribution in [3.8, 4) is 0 Å². The Morgan fingerprint density at radius 2 is 2.05 bits per heavy atom. The molecule has 1 atom stereocenters. The van der Waals surface area contributed by atoms with Gasteiger partial charge in [0.15, 0.2) is 0 Å². The number of halogens is 2. The molecule has 0 aliphatic rings. The van der Waals surface area contributed by atoms with Gasteiger partial charge in [0.1, 0.15) is 5.76 Å². The summed E-state index contributed by atoms with van der Waals surface area (Å²) in [5, 5.41) is 8.52. The zero-order chi connectivity index (χ0) is 14.0. The molecule has 0 amide bonds. The molecule has 1 aromatic heterocycles. The molecule has 0 fully saturated rings. The molecule has 0 aliphatic heterocycles. The van der Waals surface area contributed by atoms with E-state index in [-0.39, 0.29) is 6.04 Å². The van der Waals surface area contributed by atoms with E-state index in [2.05, 4.69) is 17.4 Å². The minimum atomic E-state index is 0.0971. The molecule has 1 unspecified atom stereocenters. The molecule has 1 heterocycles. The van der Waals surface area contributed by atoms with Crippen molar-refractivity contribution in [1.29, 1.82) is 0 Å². The van der Waals surface area contributed by atoms with Gasteiger partial charge >= 0.3 is 0 Å². The summed E-state index contributed by atoms with van der Waals surface area (Å²) >= 11 is 12.2. The fourth-order valence-electron chi connectivity index (χ4n) is 1.97. The predicted octanol–water partition coefficient (Wildman–Crippen LogP) is 4.45. The van der Waals surface area contributed by atoms with Gasteiger partial charge in [0, 0.05) is 18.2 Å². The maximum absolute atomic E-state index is 6.21.